The van der Waals surface area contributed by atoms with Gasteiger partial charge in [-0.3, -0.25) is 9.69 Å². The van der Waals surface area contributed by atoms with Crippen molar-refractivity contribution in [3.8, 4) is 0 Å². The van der Waals surface area contributed by atoms with Crippen LogP contribution in [0.5, 0.6) is 0 Å². The van der Waals surface area contributed by atoms with Crippen LogP contribution in [-0.4, -0.2) is 48.6 Å². The van der Waals surface area contributed by atoms with E-state index in [1.807, 2.05) is 25.7 Å². The van der Waals surface area contributed by atoms with Gasteiger partial charge in [0.1, 0.15) is 0 Å². The molecule has 0 spiro atoms. The molecule has 0 amide bonds. The van der Waals surface area contributed by atoms with Gasteiger partial charge in [0.2, 0.25) is 0 Å². The van der Waals surface area contributed by atoms with Gasteiger partial charge in [0, 0.05) is 11.8 Å². The molecule has 76 valence electrons. The van der Waals surface area contributed by atoms with Gasteiger partial charge in [0.15, 0.2) is 0 Å². The third kappa shape index (κ3) is 3.56. The molecule has 1 unspecified atom stereocenters. The number of nitrogens with zero attached hydrogens (tertiary/aromatic N) is 1. The second-order valence-electron chi connectivity index (χ2n) is 3.24. The van der Waals surface area contributed by atoms with Gasteiger partial charge in [0.25, 0.3) is 0 Å². The number of carbonyl (C=O) groups excluding carboxylic acids is 1. The second-order valence-corrected chi connectivity index (χ2v) is 4.39. The van der Waals surface area contributed by atoms with Gasteiger partial charge in [-0.15, -0.1) is 0 Å². The molecule has 1 atom stereocenters. The fourth-order valence-electron chi connectivity index (χ4n) is 1.41. The first-order valence-corrected chi connectivity index (χ1v) is 5.83. The minimum Gasteiger partial charge on any atom is -0.465 e. The lowest BCUT2D eigenvalue weighted by Crippen LogP contribution is -2.36. The first kappa shape index (κ1) is 10.9. The van der Waals surface area contributed by atoms with Crippen molar-refractivity contribution in [1.82, 2.24) is 4.90 Å². The van der Waals surface area contributed by atoms with Crippen LogP contribution in [0.15, 0.2) is 0 Å². The number of carbonyl (C=O) groups is 1. The molecular formula is C9H17NO2S. The number of thioether (sulfide) groups is 1. The molecule has 1 rings (SSSR count). The van der Waals surface area contributed by atoms with Crippen LogP contribution in [0.1, 0.15) is 13.3 Å². The Morgan fingerprint density at radius 2 is 2.46 bits per heavy atom. The van der Waals surface area contributed by atoms with Crippen molar-refractivity contribution in [3.05, 3.63) is 0 Å². The van der Waals surface area contributed by atoms with E-state index in [9.17, 15) is 4.79 Å². The summed E-state index contributed by atoms with van der Waals surface area (Å²) in [5, 5.41) is 0. The summed E-state index contributed by atoms with van der Waals surface area (Å²) in [4.78, 5) is 13.2. The van der Waals surface area contributed by atoms with Gasteiger partial charge in [0.05, 0.1) is 13.2 Å². The number of likely N-dealkylation sites (N-methyl/N-ethyl adjacent to an activating group) is 1. The van der Waals surface area contributed by atoms with E-state index >= 15 is 0 Å². The van der Waals surface area contributed by atoms with E-state index in [1.54, 1.807) is 0 Å². The van der Waals surface area contributed by atoms with Crippen LogP contribution in [0, 0.1) is 0 Å². The van der Waals surface area contributed by atoms with Gasteiger partial charge in [-0.05, 0) is 26.1 Å². The molecule has 0 aromatic rings. The zero-order valence-corrected chi connectivity index (χ0v) is 9.10. The highest BCUT2D eigenvalue weighted by molar-refractivity contribution is 7.99. The summed E-state index contributed by atoms with van der Waals surface area (Å²) in [6.45, 7) is 2.74. The van der Waals surface area contributed by atoms with Crippen LogP contribution < -0.4 is 0 Å². The van der Waals surface area contributed by atoms with E-state index in [4.69, 9.17) is 4.74 Å². The Bertz CT molecular complexity index is 169. The topological polar surface area (TPSA) is 29.5 Å². The Hall–Kier alpha value is -0.220. The van der Waals surface area contributed by atoms with E-state index in [0.29, 0.717) is 19.2 Å². The lowest BCUT2D eigenvalue weighted by molar-refractivity contribution is -0.144. The average Bonchev–Trinajstić information content (AvgIpc) is 2.55. The fourth-order valence-corrected chi connectivity index (χ4v) is 2.71. The van der Waals surface area contributed by atoms with Crippen LogP contribution in [0.3, 0.4) is 0 Å². The van der Waals surface area contributed by atoms with Crippen LogP contribution in [0.4, 0.5) is 0 Å². The summed E-state index contributed by atoms with van der Waals surface area (Å²) in [6.07, 6.45) is 1.20. The summed E-state index contributed by atoms with van der Waals surface area (Å²) in [7, 11) is 1.99. The monoisotopic (exact) mass is 203 g/mol. The lowest BCUT2D eigenvalue weighted by atomic mass is 10.2. The molecule has 0 bridgehead atoms. The SMILES string of the molecule is CCOC(=O)CN(C)C1CCSC1. The normalized spacial score (nSPS) is 22.2. The first-order chi connectivity index (χ1) is 6.24. The largest absolute Gasteiger partial charge is 0.465 e. The maximum Gasteiger partial charge on any atom is 0.320 e. The molecule has 3 nitrogen and oxygen atoms in total. The summed E-state index contributed by atoms with van der Waals surface area (Å²) in [6, 6.07) is 0.564. The van der Waals surface area contributed by atoms with E-state index in [-0.39, 0.29) is 5.97 Å². The number of ether oxygens (including phenoxy) is 1. The molecule has 0 N–H and O–H groups in total. The highest BCUT2D eigenvalue weighted by Gasteiger charge is 2.21. The molecule has 1 aliphatic rings. The van der Waals surface area contributed by atoms with Crippen LogP contribution in [-0.2, 0) is 9.53 Å². The molecule has 0 saturated carbocycles. The van der Waals surface area contributed by atoms with Crippen molar-refractivity contribution >= 4 is 17.7 Å². The van der Waals surface area contributed by atoms with Crippen molar-refractivity contribution in [2.24, 2.45) is 0 Å². The minimum absolute atomic E-state index is 0.109. The molecule has 0 aromatic heterocycles. The van der Waals surface area contributed by atoms with Gasteiger partial charge in [-0.2, -0.15) is 11.8 Å². The highest BCUT2D eigenvalue weighted by atomic mass is 32.2. The van der Waals surface area contributed by atoms with E-state index in [1.165, 1.54) is 12.2 Å². The van der Waals surface area contributed by atoms with Crippen molar-refractivity contribution < 1.29 is 9.53 Å². The summed E-state index contributed by atoms with van der Waals surface area (Å²) in [5.74, 6) is 2.26. The Balaban J connectivity index is 2.22. The summed E-state index contributed by atoms with van der Waals surface area (Å²) < 4.78 is 4.88. The number of rotatable bonds is 4. The maximum atomic E-state index is 11.1. The molecule has 1 fully saturated rings. The zero-order chi connectivity index (χ0) is 9.68. The molecule has 1 saturated heterocycles. The molecule has 0 aliphatic carbocycles. The summed E-state index contributed by atoms with van der Waals surface area (Å²) >= 11 is 1.96. The van der Waals surface area contributed by atoms with Gasteiger partial charge in [-0.1, -0.05) is 0 Å². The third-order valence-electron chi connectivity index (χ3n) is 2.21. The lowest BCUT2D eigenvalue weighted by Gasteiger charge is -2.21. The predicted octanol–water partition coefficient (Wildman–Crippen LogP) is 0.987. The molecule has 13 heavy (non-hydrogen) atoms. The second kappa shape index (κ2) is 5.50. The average molecular weight is 203 g/mol. The maximum absolute atomic E-state index is 11.1. The van der Waals surface area contributed by atoms with Crippen LogP contribution >= 0.6 is 11.8 Å². The van der Waals surface area contributed by atoms with Gasteiger partial charge in [-0.25, -0.2) is 0 Å². The predicted molar refractivity (Wildman–Crippen MR) is 55.0 cm³/mol. The standard InChI is InChI=1S/C9H17NO2S/c1-3-12-9(11)6-10(2)8-4-5-13-7-8/h8H,3-7H2,1-2H3. The summed E-state index contributed by atoms with van der Waals surface area (Å²) in [5.41, 5.74) is 0. The number of hydrogen-bond donors (Lipinski definition) is 0. The Morgan fingerprint density at radius 1 is 1.69 bits per heavy atom. The Morgan fingerprint density at radius 3 is 3.00 bits per heavy atom. The van der Waals surface area contributed by atoms with Crippen molar-refractivity contribution in [1.29, 1.82) is 0 Å². The molecule has 0 radical (unpaired) electrons. The highest BCUT2D eigenvalue weighted by Crippen LogP contribution is 2.20. The van der Waals surface area contributed by atoms with Crippen LogP contribution in [0.2, 0.25) is 0 Å². The Kier molecular flexibility index (Phi) is 4.59. The van der Waals surface area contributed by atoms with E-state index in [2.05, 4.69) is 4.90 Å². The van der Waals surface area contributed by atoms with Gasteiger partial charge >= 0.3 is 5.97 Å². The van der Waals surface area contributed by atoms with Gasteiger partial charge < -0.3 is 4.74 Å². The van der Waals surface area contributed by atoms with Crippen molar-refractivity contribution in [2.75, 3.05) is 31.7 Å². The van der Waals surface area contributed by atoms with Crippen molar-refractivity contribution in [2.45, 2.75) is 19.4 Å². The quantitative estimate of drug-likeness (QED) is 0.637. The van der Waals surface area contributed by atoms with E-state index < -0.39 is 0 Å². The minimum atomic E-state index is -0.109. The number of esters is 1. The molecule has 1 heterocycles. The Labute approximate surface area is 83.8 Å². The molecular weight excluding hydrogens is 186 g/mol. The van der Waals surface area contributed by atoms with E-state index in [0.717, 1.165) is 5.75 Å². The zero-order valence-electron chi connectivity index (χ0n) is 8.28. The third-order valence-corrected chi connectivity index (χ3v) is 3.36. The molecule has 1 aliphatic heterocycles. The number of hydrogen-bond acceptors (Lipinski definition) is 4. The molecule has 0 aromatic carbocycles. The fraction of sp³-hybridized carbons (Fsp3) is 0.889. The smallest absolute Gasteiger partial charge is 0.320 e. The first-order valence-electron chi connectivity index (χ1n) is 4.67. The van der Waals surface area contributed by atoms with Crippen LogP contribution in [0.25, 0.3) is 0 Å². The van der Waals surface area contributed by atoms with Crippen molar-refractivity contribution in [3.63, 3.8) is 0 Å². The molecule has 4 heteroatoms.